The highest BCUT2D eigenvalue weighted by Crippen LogP contribution is 2.36. The second-order valence-electron chi connectivity index (χ2n) is 7.17. The minimum Gasteiger partial charge on any atom is -0.369 e. The number of hydrogen-bond acceptors (Lipinski definition) is 5. The second-order valence-corrected chi connectivity index (χ2v) is 8.25. The summed E-state index contributed by atoms with van der Waals surface area (Å²) >= 11 is 1.39. The Morgan fingerprint density at radius 3 is 2.76 bits per heavy atom. The van der Waals surface area contributed by atoms with Gasteiger partial charge >= 0.3 is 0 Å². The zero-order chi connectivity index (χ0) is 20.8. The molecule has 1 atom stereocenters. The summed E-state index contributed by atoms with van der Waals surface area (Å²) in [6, 6.07) is 13.8. The van der Waals surface area contributed by atoms with E-state index in [2.05, 4.69) is 10.3 Å². The Balaban J connectivity index is 1.65. The average molecular weight is 410 g/mol. The Bertz CT molecular complexity index is 1140. The van der Waals surface area contributed by atoms with Gasteiger partial charge < -0.3 is 11.1 Å². The van der Waals surface area contributed by atoms with Crippen molar-refractivity contribution in [2.45, 2.75) is 18.9 Å². The lowest BCUT2D eigenvalue weighted by Gasteiger charge is -2.34. The molecule has 148 valence electrons. The number of rotatable bonds is 3. The van der Waals surface area contributed by atoms with Crippen LogP contribution in [0, 0.1) is 5.82 Å². The standard InChI is InChI=1S/C21H19FN4O2S/c1-21(11-18(27)26(2)20(23)25-21)14-10-13(7-8-15(14)22)24-19(28)17-9-12-5-3-4-6-16(12)29-17/h3-10H,11H2,1-2H3,(H2,23,25)(H,24,28). The molecule has 6 nitrogen and oxygen atoms in total. The molecule has 1 aromatic heterocycles. The molecule has 4 rings (SSSR count). The fourth-order valence-corrected chi connectivity index (χ4v) is 4.32. The third-order valence-corrected chi connectivity index (χ3v) is 6.14. The summed E-state index contributed by atoms with van der Waals surface area (Å²) < 4.78 is 15.6. The van der Waals surface area contributed by atoms with E-state index in [4.69, 9.17) is 5.73 Å². The van der Waals surface area contributed by atoms with Gasteiger partial charge in [-0.15, -0.1) is 11.3 Å². The van der Waals surface area contributed by atoms with E-state index in [0.717, 1.165) is 10.1 Å². The number of aliphatic imine (C=N–C) groups is 1. The maximum Gasteiger partial charge on any atom is 0.265 e. The van der Waals surface area contributed by atoms with Gasteiger partial charge in [0.2, 0.25) is 5.91 Å². The van der Waals surface area contributed by atoms with E-state index in [-0.39, 0.29) is 29.8 Å². The van der Waals surface area contributed by atoms with Crippen molar-refractivity contribution in [2.75, 3.05) is 12.4 Å². The number of hydrogen-bond donors (Lipinski definition) is 2. The molecule has 2 heterocycles. The molecule has 2 aromatic carbocycles. The van der Waals surface area contributed by atoms with Crippen LogP contribution in [0.15, 0.2) is 53.5 Å². The molecule has 0 radical (unpaired) electrons. The van der Waals surface area contributed by atoms with Gasteiger partial charge in [-0.3, -0.25) is 14.5 Å². The summed E-state index contributed by atoms with van der Waals surface area (Å²) in [4.78, 5) is 31.0. The van der Waals surface area contributed by atoms with Gasteiger partial charge in [-0.1, -0.05) is 18.2 Å². The second kappa shape index (κ2) is 6.97. The Kier molecular flexibility index (Phi) is 4.58. The van der Waals surface area contributed by atoms with E-state index in [1.165, 1.54) is 41.5 Å². The largest absolute Gasteiger partial charge is 0.369 e. The first-order valence-corrected chi connectivity index (χ1v) is 9.80. The number of guanidine groups is 1. The smallest absolute Gasteiger partial charge is 0.265 e. The summed E-state index contributed by atoms with van der Waals surface area (Å²) in [5.41, 5.74) is 5.31. The summed E-state index contributed by atoms with van der Waals surface area (Å²) in [6.07, 6.45) is -0.0190. The molecule has 0 bridgehead atoms. The van der Waals surface area contributed by atoms with Crippen molar-refractivity contribution in [2.24, 2.45) is 10.7 Å². The van der Waals surface area contributed by atoms with E-state index in [1.54, 1.807) is 6.92 Å². The molecule has 1 aliphatic heterocycles. The predicted molar refractivity (Wildman–Crippen MR) is 113 cm³/mol. The molecule has 0 saturated carbocycles. The highest BCUT2D eigenvalue weighted by atomic mass is 32.1. The Morgan fingerprint density at radius 2 is 2.03 bits per heavy atom. The first-order chi connectivity index (χ1) is 13.8. The van der Waals surface area contributed by atoms with Crippen LogP contribution in [0.5, 0.6) is 0 Å². The maximum atomic E-state index is 14.6. The highest BCUT2D eigenvalue weighted by molar-refractivity contribution is 7.20. The van der Waals surface area contributed by atoms with Gasteiger partial charge in [0.25, 0.3) is 5.91 Å². The van der Waals surface area contributed by atoms with Crippen LogP contribution >= 0.6 is 11.3 Å². The molecular formula is C21H19FN4O2S. The molecule has 1 aliphatic rings. The SMILES string of the molecule is CN1C(=O)CC(C)(c2cc(NC(=O)c3cc4ccccc4s3)ccc2F)N=C1N. The van der Waals surface area contributed by atoms with Gasteiger partial charge in [-0.2, -0.15) is 0 Å². The molecule has 8 heteroatoms. The Labute approximate surface area is 170 Å². The number of thiophene rings is 1. The number of carbonyl (C=O) groups excluding carboxylic acids is 2. The summed E-state index contributed by atoms with van der Waals surface area (Å²) in [6.45, 7) is 1.65. The molecule has 3 N–H and O–H groups in total. The third-order valence-electron chi connectivity index (χ3n) is 5.03. The van der Waals surface area contributed by atoms with Crippen LogP contribution in [0.3, 0.4) is 0 Å². The predicted octanol–water partition coefficient (Wildman–Crippen LogP) is 3.68. The normalized spacial score (nSPS) is 19.3. The van der Waals surface area contributed by atoms with Crippen LogP contribution in [-0.2, 0) is 10.3 Å². The number of anilines is 1. The molecular weight excluding hydrogens is 391 g/mol. The fraction of sp³-hybridized carbons (Fsp3) is 0.190. The van der Waals surface area contributed by atoms with Crippen LogP contribution < -0.4 is 11.1 Å². The lowest BCUT2D eigenvalue weighted by molar-refractivity contribution is -0.128. The van der Waals surface area contributed by atoms with Crippen molar-refractivity contribution >= 4 is 44.9 Å². The highest BCUT2D eigenvalue weighted by Gasteiger charge is 2.38. The van der Waals surface area contributed by atoms with Gasteiger partial charge in [-0.05, 0) is 42.6 Å². The van der Waals surface area contributed by atoms with Gasteiger partial charge in [0.15, 0.2) is 5.96 Å². The molecule has 29 heavy (non-hydrogen) atoms. The van der Waals surface area contributed by atoms with E-state index < -0.39 is 11.4 Å². The number of amides is 2. The lowest BCUT2D eigenvalue weighted by Crippen LogP contribution is -2.47. The van der Waals surface area contributed by atoms with Gasteiger partial charge in [-0.25, -0.2) is 9.38 Å². The molecule has 1 unspecified atom stereocenters. The molecule has 0 fully saturated rings. The van der Waals surface area contributed by atoms with Crippen molar-refractivity contribution in [3.63, 3.8) is 0 Å². The molecule has 0 saturated heterocycles. The van der Waals surface area contributed by atoms with Crippen LogP contribution in [0.1, 0.15) is 28.6 Å². The first kappa shape index (κ1) is 19.1. The number of benzene rings is 2. The van der Waals surface area contributed by atoms with Crippen molar-refractivity contribution in [1.29, 1.82) is 0 Å². The lowest BCUT2D eigenvalue weighted by atomic mass is 9.87. The topological polar surface area (TPSA) is 87.8 Å². The number of carbonyl (C=O) groups is 2. The quantitative estimate of drug-likeness (QED) is 0.690. The van der Waals surface area contributed by atoms with Crippen LogP contribution in [0.25, 0.3) is 10.1 Å². The number of nitrogens with one attached hydrogen (secondary N) is 1. The van der Waals surface area contributed by atoms with E-state index in [0.29, 0.717) is 10.6 Å². The third kappa shape index (κ3) is 3.47. The molecule has 3 aromatic rings. The van der Waals surface area contributed by atoms with Crippen molar-refractivity contribution < 1.29 is 14.0 Å². The van der Waals surface area contributed by atoms with E-state index in [1.807, 2.05) is 30.3 Å². The van der Waals surface area contributed by atoms with Crippen molar-refractivity contribution in [3.05, 3.63) is 64.8 Å². The molecule has 0 spiro atoms. The first-order valence-electron chi connectivity index (χ1n) is 8.99. The molecule has 2 amide bonds. The van der Waals surface area contributed by atoms with Crippen LogP contribution in [0.4, 0.5) is 10.1 Å². The number of nitrogens with zero attached hydrogens (tertiary/aromatic N) is 2. The summed E-state index contributed by atoms with van der Waals surface area (Å²) in [5.74, 6) is -1.01. The minimum atomic E-state index is -1.14. The Morgan fingerprint density at radius 1 is 1.28 bits per heavy atom. The average Bonchev–Trinajstić information content (AvgIpc) is 3.12. The van der Waals surface area contributed by atoms with Crippen LogP contribution in [-0.4, -0.2) is 29.7 Å². The number of fused-ring (bicyclic) bond motifs is 1. The number of halogens is 1. The zero-order valence-corrected chi connectivity index (χ0v) is 16.7. The van der Waals surface area contributed by atoms with Crippen molar-refractivity contribution in [1.82, 2.24) is 4.90 Å². The van der Waals surface area contributed by atoms with Gasteiger partial charge in [0.05, 0.1) is 16.8 Å². The van der Waals surface area contributed by atoms with E-state index in [9.17, 15) is 14.0 Å². The van der Waals surface area contributed by atoms with Crippen molar-refractivity contribution in [3.8, 4) is 0 Å². The van der Waals surface area contributed by atoms with Gasteiger partial charge in [0, 0.05) is 23.0 Å². The maximum absolute atomic E-state index is 14.6. The summed E-state index contributed by atoms with van der Waals surface area (Å²) in [7, 11) is 1.53. The fourth-order valence-electron chi connectivity index (χ4n) is 3.37. The minimum absolute atomic E-state index is 0.0190. The molecule has 0 aliphatic carbocycles. The number of nitrogens with two attached hydrogens (primary N) is 1. The monoisotopic (exact) mass is 410 g/mol. The van der Waals surface area contributed by atoms with E-state index >= 15 is 0 Å². The Hall–Kier alpha value is -3.26. The van der Waals surface area contributed by atoms with Crippen LogP contribution in [0.2, 0.25) is 0 Å². The zero-order valence-electron chi connectivity index (χ0n) is 15.9. The van der Waals surface area contributed by atoms with Gasteiger partial charge in [0.1, 0.15) is 5.82 Å². The summed E-state index contributed by atoms with van der Waals surface area (Å²) in [5, 5.41) is 3.79.